The minimum Gasteiger partial charge on any atom is -0.508 e. The lowest BCUT2D eigenvalue weighted by molar-refractivity contribution is -0.298. The largest absolute Gasteiger partial charge is 0.527 e. The minimum atomic E-state index is -5.44. The Kier molecular flexibility index (Phi) is 16.5. The molecule has 9 N–H and O–H groups in total. The van der Waals surface area contributed by atoms with Gasteiger partial charge in [0, 0.05) is 65.9 Å². The number of aromatic nitrogens is 8. The number of nitrogens with one attached hydrogen (secondary N) is 4. The molecule has 0 radical (unpaired) electrons. The van der Waals surface area contributed by atoms with Crippen LogP contribution in [0.2, 0.25) is 0 Å². The van der Waals surface area contributed by atoms with Crippen LogP contribution >= 0.6 is 15.6 Å². The Morgan fingerprint density at radius 3 is 1.81 bits per heavy atom. The molecule has 1 aliphatic carbocycles. The van der Waals surface area contributed by atoms with Crippen LogP contribution in [-0.4, -0.2) is 138 Å². The number of aliphatic hydroxyl groups excluding tert-OH is 2. The summed E-state index contributed by atoms with van der Waals surface area (Å²) in [4.78, 5) is 143. The number of ketones is 1. The molecule has 12 atom stereocenters. The van der Waals surface area contributed by atoms with Crippen molar-refractivity contribution >= 4 is 21.4 Å². The fourth-order valence-corrected chi connectivity index (χ4v) is 11.2. The van der Waals surface area contributed by atoms with E-state index in [0.717, 1.165) is 24.5 Å². The van der Waals surface area contributed by atoms with Crippen molar-refractivity contribution in [1.82, 2.24) is 38.2 Å². The first-order chi connectivity index (χ1) is 38.1. The summed E-state index contributed by atoms with van der Waals surface area (Å²) in [6, 6.07) is 0. The summed E-state index contributed by atoms with van der Waals surface area (Å²) in [5, 5.41) is 32.4. The molecule has 9 rings (SSSR count). The van der Waals surface area contributed by atoms with Gasteiger partial charge in [-0.1, -0.05) is 0 Å². The van der Waals surface area contributed by atoms with E-state index in [1.54, 1.807) is 0 Å². The Hall–Kier alpha value is -6.91. The molecule has 5 aliphatic rings. The van der Waals surface area contributed by atoms with Gasteiger partial charge >= 0.3 is 38.4 Å². The fourth-order valence-electron chi connectivity index (χ4n) is 9.39. The monoisotopic (exact) mass is 1180 g/mol. The van der Waals surface area contributed by atoms with Crippen molar-refractivity contribution in [1.29, 1.82) is 0 Å². The minimum absolute atomic E-state index is 0.0418. The number of aromatic amines is 4. The predicted octanol–water partition coefficient (Wildman–Crippen LogP) is -2.40. The fraction of sp³-hybridized carbons (Fsp3) is 0.533. The summed E-state index contributed by atoms with van der Waals surface area (Å²) in [5.41, 5.74) is -5.87. The molecule has 4 aromatic heterocycles. The average molecular weight is 1180 g/mol. The molecule has 8 heterocycles. The molecule has 4 aromatic rings. The second-order valence-electron chi connectivity index (χ2n) is 19.6. The topological polar surface area (TPSA) is 464 Å². The van der Waals surface area contributed by atoms with Gasteiger partial charge in [-0.2, -0.15) is 0 Å². The van der Waals surface area contributed by atoms with Crippen molar-refractivity contribution in [3.63, 3.8) is 0 Å². The maximum atomic E-state index is 13.9. The van der Waals surface area contributed by atoms with Crippen LogP contribution in [0, 0.1) is 33.6 Å². The SMILES string of the molecule is Cc1cn(CC2CO[C@H](COP(=O)(O)OC3=C(COC4(O)CC(=O)C4OC4C[C@H](n5cc(C)c(=O)[nH]c5=O)O[C@@H]4CO)O[C@@H](n4cc(C)c(=O)[nH]c4=O)C3)C2OP(=O)(O)OCC2=C(O)CC(n3cc(C)c(=O)[nH]c3=O)O2)c(=O)[nH]c1=O. The van der Waals surface area contributed by atoms with E-state index in [1.807, 2.05) is 0 Å². The summed E-state index contributed by atoms with van der Waals surface area (Å²) in [5.74, 6) is -6.07. The first kappa shape index (κ1) is 58.7. The van der Waals surface area contributed by atoms with Crippen molar-refractivity contribution in [2.75, 3.05) is 33.0 Å². The summed E-state index contributed by atoms with van der Waals surface area (Å²) in [6.07, 6.45) is -7.92. The number of aryl methyl sites for hydroxylation is 4. The number of rotatable bonds is 21. The maximum absolute atomic E-state index is 13.9. The standard InChI is InChI=1S/C45H54N8O26P2/c1-19-9-50(41(61)46-37(19)57)13-23-15-70-31(35(23)79-81(68,69)72-17-29-24(55)5-32(75-29)51-10-20(2)38(58)47-42(51)62)18-73-80(66,67)78-27-7-34(53-12-22(4)40(60)49-44(53)64)76-30(27)16-71-45(65)8-25(56)36(45)77-26-6-33(74-28(26)14-54)52-11-21(3)39(59)48-43(52)63/h9-12,23,26,28,31-36,54-55,65H,5-8,13-18H2,1-4H3,(H,66,67)(H,68,69)(H,46,57,61)(H,47,58,62)(H,48,59,63)(H,49,60,64)/t23?,26?,28-,31-,32?,33-,34-,35?,36?,45?/m1/s1. The molecule has 4 aliphatic heterocycles. The lowest BCUT2D eigenvalue weighted by atomic mass is 9.85. The van der Waals surface area contributed by atoms with Crippen LogP contribution in [0.1, 0.15) is 66.6 Å². The van der Waals surface area contributed by atoms with E-state index < -0.39 is 190 Å². The summed E-state index contributed by atoms with van der Waals surface area (Å²) in [7, 11) is -10.8. The number of hydrogen-bond acceptors (Lipinski definition) is 24. The van der Waals surface area contributed by atoms with Gasteiger partial charge < -0.3 is 53.2 Å². The molecule has 440 valence electrons. The lowest BCUT2D eigenvalue weighted by Gasteiger charge is -2.43. The Morgan fingerprint density at radius 2 is 1.23 bits per heavy atom. The average Bonchev–Trinajstić information content (AvgIpc) is 4.27. The van der Waals surface area contributed by atoms with Crippen LogP contribution in [0.5, 0.6) is 0 Å². The number of hydrogen-bond donors (Lipinski definition) is 9. The Morgan fingerprint density at radius 1 is 0.691 bits per heavy atom. The van der Waals surface area contributed by atoms with Crippen LogP contribution in [0.3, 0.4) is 0 Å². The van der Waals surface area contributed by atoms with E-state index >= 15 is 0 Å². The zero-order chi connectivity index (χ0) is 58.6. The summed E-state index contributed by atoms with van der Waals surface area (Å²) < 4.78 is 88.0. The molecule has 3 fully saturated rings. The second-order valence-corrected chi connectivity index (χ2v) is 22.4. The van der Waals surface area contributed by atoms with E-state index in [4.69, 9.17) is 46.5 Å². The van der Waals surface area contributed by atoms with Crippen LogP contribution < -0.4 is 45.0 Å². The van der Waals surface area contributed by atoms with Gasteiger partial charge in [-0.3, -0.25) is 80.6 Å². The van der Waals surface area contributed by atoms with Gasteiger partial charge in [0.05, 0.1) is 45.2 Å². The molecular formula is C45H54N8O26P2. The van der Waals surface area contributed by atoms with Crippen molar-refractivity contribution < 1.29 is 85.5 Å². The number of carbonyl (C=O) groups is 1. The van der Waals surface area contributed by atoms with Gasteiger partial charge in [0.1, 0.15) is 43.5 Å². The lowest BCUT2D eigenvalue weighted by Crippen LogP contribution is -2.63. The summed E-state index contributed by atoms with van der Waals surface area (Å²) >= 11 is 0. The highest BCUT2D eigenvalue weighted by Crippen LogP contribution is 2.52. The molecular weight excluding hydrogens is 1130 g/mol. The number of Topliss-reactive ketones (excluding diaryl/α,β-unsaturated/α-hetero) is 1. The molecule has 0 aromatic carbocycles. The van der Waals surface area contributed by atoms with Crippen molar-refractivity contribution in [3.05, 3.63) is 153 Å². The molecule has 0 spiro atoms. The van der Waals surface area contributed by atoms with Crippen LogP contribution in [0.4, 0.5) is 0 Å². The Balaban J connectivity index is 0.909. The molecule has 1 saturated carbocycles. The van der Waals surface area contributed by atoms with E-state index in [2.05, 4.69) is 19.9 Å². The van der Waals surface area contributed by atoms with E-state index in [0.29, 0.717) is 0 Å². The molecule has 8 unspecified atom stereocenters. The number of aliphatic hydroxyl groups is 3. The van der Waals surface area contributed by atoms with Gasteiger partial charge in [-0.05, 0) is 27.7 Å². The van der Waals surface area contributed by atoms with Crippen molar-refractivity contribution in [2.45, 2.75) is 115 Å². The van der Waals surface area contributed by atoms with Crippen LogP contribution in [0.15, 0.2) is 86.2 Å². The zero-order valence-electron chi connectivity index (χ0n) is 43.1. The number of phosphoric ester groups is 2. The van der Waals surface area contributed by atoms with E-state index in [9.17, 15) is 77.4 Å². The Labute approximate surface area is 451 Å². The molecule has 0 amide bonds. The number of phosphoric acid groups is 2. The third kappa shape index (κ3) is 12.6. The molecule has 36 heteroatoms. The first-order valence-electron chi connectivity index (χ1n) is 24.6. The number of H-pyrrole nitrogens is 4. The normalized spacial score (nSPS) is 28.0. The molecule has 81 heavy (non-hydrogen) atoms. The van der Waals surface area contributed by atoms with Crippen LogP contribution in [-0.2, 0) is 67.0 Å². The van der Waals surface area contributed by atoms with Gasteiger partial charge in [-0.25, -0.2) is 28.3 Å². The molecule has 2 saturated heterocycles. The number of ether oxygens (including phenoxy) is 6. The third-order valence-electron chi connectivity index (χ3n) is 13.8. The van der Waals surface area contributed by atoms with Crippen molar-refractivity contribution in [2.24, 2.45) is 5.92 Å². The third-order valence-corrected chi connectivity index (χ3v) is 15.6. The predicted molar refractivity (Wildman–Crippen MR) is 266 cm³/mol. The maximum Gasteiger partial charge on any atom is 0.527 e. The van der Waals surface area contributed by atoms with Gasteiger partial charge in [0.15, 0.2) is 41.6 Å². The smallest absolute Gasteiger partial charge is 0.508 e. The number of nitrogens with zero attached hydrogens (tertiary/aromatic N) is 4. The van der Waals surface area contributed by atoms with Gasteiger partial charge in [0.2, 0.25) is 5.79 Å². The first-order valence-corrected chi connectivity index (χ1v) is 27.6. The zero-order valence-corrected chi connectivity index (χ0v) is 44.9. The van der Waals surface area contributed by atoms with Gasteiger partial charge in [-0.15, -0.1) is 0 Å². The van der Waals surface area contributed by atoms with Crippen LogP contribution in [0.25, 0.3) is 0 Å². The highest BCUT2D eigenvalue weighted by atomic mass is 31.2. The van der Waals surface area contributed by atoms with Gasteiger partial charge in [0.25, 0.3) is 22.2 Å². The van der Waals surface area contributed by atoms with Crippen molar-refractivity contribution in [3.8, 4) is 0 Å². The van der Waals surface area contributed by atoms with E-state index in [1.165, 1.54) is 46.3 Å². The summed E-state index contributed by atoms with van der Waals surface area (Å²) in [6.45, 7) is 1.47. The molecule has 34 nitrogen and oxygen atoms in total. The number of carbonyl (C=O) groups excluding carboxylic acids is 1. The van der Waals surface area contributed by atoms with E-state index in [-0.39, 0.29) is 48.2 Å². The highest BCUT2D eigenvalue weighted by molar-refractivity contribution is 7.47. The molecule has 0 bridgehead atoms. The highest BCUT2D eigenvalue weighted by Gasteiger charge is 2.58. The quantitative estimate of drug-likeness (QED) is 0.0310. The second kappa shape index (κ2) is 22.8. The Bertz CT molecular complexity index is 3820.